The van der Waals surface area contributed by atoms with Crippen LogP contribution in [0.1, 0.15) is 60.2 Å². The molecule has 0 spiro atoms. The highest BCUT2D eigenvalue weighted by atomic mass is 16.1. The number of carbonyl (C=O) groups excluding carboxylic acids is 1. The maximum Gasteiger partial charge on any atom is 0.133 e. The molecule has 0 saturated carbocycles. The van der Waals surface area contributed by atoms with Gasteiger partial charge in [-0.15, -0.1) is 10.2 Å². The lowest BCUT2D eigenvalue weighted by atomic mass is 9.97. The number of hydrogen-bond acceptors (Lipinski definition) is 4. The third-order valence-corrected chi connectivity index (χ3v) is 4.98. The van der Waals surface area contributed by atoms with E-state index in [4.69, 9.17) is 0 Å². The molecular weight excluding hydrogens is 298 g/mol. The van der Waals surface area contributed by atoms with Crippen molar-refractivity contribution in [3.8, 4) is 0 Å². The van der Waals surface area contributed by atoms with E-state index in [0.29, 0.717) is 25.0 Å². The first-order valence-electron chi connectivity index (χ1n) is 8.83. The van der Waals surface area contributed by atoms with E-state index in [1.807, 2.05) is 6.07 Å². The summed E-state index contributed by atoms with van der Waals surface area (Å²) in [5.41, 5.74) is 6.89. The first kappa shape index (κ1) is 15.2. The largest absolute Gasteiger partial charge is 0.300 e. The van der Waals surface area contributed by atoms with E-state index < -0.39 is 0 Å². The smallest absolute Gasteiger partial charge is 0.133 e. The highest BCUT2D eigenvalue weighted by Gasteiger charge is 2.18. The number of allylic oxidation sites excluding steroid dienone is 1. The molecule has 122 valence electrons. The molecule has 1 heterocycles. The fourth-order valence-corrected chi connectivity index (χ4v) is 3.59. The normalized spacial score (nSPS) is 17.8. The maximum absolute atomic E-state index is 12.0. The van der Waals surface area contributed by atoms with Crippen molar-refractivity contribution < 1.29 is 4.79 Å². The summed E-state index contributed by atoms with van der Waals surface area (Å²) >= 11 is 0. The fourth-order valence-electron chi connectivity index (χ4n) is 3.59. The summed E-state index contributed by atoms with van der Waals surface area (Å²) in [6, 6.07) is 8.78. The molecule has 0 saturated heterocycles. The van der Waals surface area contributed by atoms with E-state index >= 15 is 0 Å². The van der Waals surface area contributed by atoms with Gasteiger partial charge in [0.2, 0.25) is 0 Å². The molecule has 4 heteroatoms. The van der Waals surface area contributed by atoms with Crippen LogP contribution in [0.5, 0.6) is 0 Å². The van der Waals surface area contributed by atoms with Crippen LogP contribution in [0.25, 0.3) is 5.57 Å². The molecule has 24 heavy (non-hydrogen) atoms. The number of carbonyl (C=O) groups is 1. The SMILES string of the molecule is O=C1CCCCCc2ccc3c(c2)C(=CC3)c2cc(nnn2)CC1. The highest BCUT2D eigenvalue weighted by Crippen LogP contribution is 2.33. The Kier molecular flexibility index (Phi) is 4.20. The molecule has 4 rings (SSSR count). The van der Waals surface area contributed by atoms with Crippen LogP contribution < -0.4 is 0 Å². The molecular formula is C20H21N3O. The van der Waals surface area contributed by atoms with Crippen molar-refractivity contribution in [3.05, 3.63) is 58.4 Å². The quantitative estimate of drug-likeness (QED) is 0.746. The molecule has 0 atom stereocenters. The first-order valence-corrected chi connectivity index (χ1v) is 8.83. The Labute approximate surface area is 142 Å². The number of hydrogen-bond donors (Lipinski definition) is 0. The van der Waals surface area contributed by atoms with Crippen LogP contribution in [-0.2, 0) is 24.1 Å². The second-order valence-electron chi connectivity index (χ2n) is 6.72. The van der Waals surface area contributed by atoms with Crippen molar-refractivity contribution in [3.63, 3.8) is 0 Å². The molecule has 0 aliphatic heterocycles. The number of Topliss-reactive ketones (excluding diaryl/α,β-unsaturated/α-hetero) is 1. The van der Waals surface area contributed by atoms with Gasteiger partial charge in [0.1, 0.15) is 5.78 Å². The van der Waals surface area contributed by atoms with Crippen molar-refractivity contribution >= 4 is 11.4 Å². The van der Waals surface area contributed by atoms with Gasteiger partial charge in [0.15, 0.2) is 0 Å². The van der Waals surface area contributed by atoms with Gasteiger partial charge in [-0.25, -0.2) is 0 Å². The Hall–Kier alpha value is -2.36. The number of rotatable bonds is 0. The molecule has 4 bridgehead atoms. The fraction of sp³-hybridized carbons (Fsp3) is 0.400. The first-order chi connectivity index (χ1) is 11.8. The van der Waals surface area contributed by atoms with Crippen LogP contribution in [0.4, 0.5) is 0 Å². The highest BCUT2D eigenvalue weighted by molar-refractivity contribution is 5.83. The van der Waals surface area contributed by atoms with Crippen LogP contribution in [0.3, 0.4) is 0 Å². The summed E-state index contributed by atoms with van der Waals surface area (Å²) in [5, 5.41) is 12.3. The molecule has 0 N–H and O–H groups in total. The van der Waals surface area contributed by atoms with Gasteiger partial charge in [0.05, 0.1) is 11.4 Å². The molecule has 0 unspecified atom stereocenters. The molecule has 0 amide bonds. The van der Waals surface area contributed by atoms with E-state index in [1.54, 1.807) is 0 Å². The zero-order valence-corrected chi connectivity index (χ0v) is 13.8. The Balaban J connectivity index is 1.72. The van der Waals surface area contributed by atoms with Gasteiger partial charge in [-0.1, -0.05) is 30.7 Å². The average molecular weight is 319 g/mol. The van der Waals surface area contributed by atoms with Crippen molar-refractivity contribution in [2.24, 2.45) is 0 Å². The lowest BCUT2D eigenvalue weighted by Gasteiger charge is -2.08. The number of ketones is 1. The summed E-state index contributed by atoms with van der Waals surface area (Å²) in [6.45, 7) is 0. The Bertz CT molecular complexity index is 810. The second-order valence-corrected chi connectivity index (χ2v) is 6.72. The number of nitrogens with zero attached hydrogens (tertiary/aromatic N) is 3. The maximum atomic E-state index is 12.0. The van der Waals surface area contributed by atoms with E-state index in [9.17, 15) is 4.79 Å². The molecule has 2 aromatic rings. The van der Waals surface area contributed by atoms with Crippen LogP contribution >= 0.6 is 0 Å². The van der Waals surface area contributed by atoms with Crippen molar-refractivity contribution in [2.75, 3.05) is 0 Å². The van der Waals surface area contributed by atoms with Gasteiger partial charge in [-0.05, 0) is 60.1 Å². The summed E-state index contributed by atoms with van der Waals surface area (Å²) < 4.78 is 0. The van der Waals surface area contributed by atoms with Gasteiger partial charge in [0, 0.05) is 18.4 Å². The third kappa shape index (κ3) is 3.14. The lowest BCUT2D eigenvalue weighted by Crippen LogP contribution is -2.04. The molecule has 2 aliphatic rings. The predicted molar refractivity (Wildman–Crippen MR) is 92.6 cm³/mol. The van der Waals surface area contributed by atoms with E-state index in [2.05, 4.69) is 39.7 Å². The summed E-state index contributed by atoms with van der Waals surface area (Å²) in [4.78, 5) is 12.0. The molecule has 1 aromatic heterocycles. The second kappa shape index (κ2) is 6.63. The molecule has 0 radical (unpaired) electrons. The van der Waals surface area contributed by atoms with Crippen LogP contribution in [0, 0.1) is 0 Å². The van der Waals surface area contributed by atoms with Gasteiger partial charge in [0.25, 0.3) is 0 Å². The van der Waals surface area contributed by atoms with Crippen LogP contribution in [0.15, 0.2) is 30.3 Å². The topological polar surface area (TPSA) is 55.7 Å². The Morgan fingerprint density at radius 2 is 1.79 bits per heavy atom. The Morgan fingerprint density at radius 1 is 0.875 bits per heavy atom. The van der Waals surface area contributed by atoms with Crippen molar-refractivity contribution in [2.45, 2.75) is 51.4 Å². The van der Waals surface area contributed by atoms with Gasteiger partial charge in [-0.2, -0.15) is 0 Å². The molecule has 4 nitrogen and oxygen atoms in total. The number of fused-ring (bicyclic) bond motifs is 4. The number of aryl methyl sites for hydroxylation is 2. The Morgan fingerprint density at radius 3 is 2.75 bits per heavy atom. The van der Waals surface area contributed by atoms with Gasteiger partial charge in [-0.3, -0.25) is 4.79 Å². The van der Waals surface area contributed by atoms with Crippen molar-refractivity contribution in [1.29, 1.82) is 0 Å². The van der Waals surface area contributed by atoms with E-state index in [-0.39, 0.29) is 0 Å². The lowest BCUT2D eigenvalue weighted by molar-refractivity contribution is -0.119. The summed E-state index contributed by atoms with van der Waals surface area (Å²) in [5.74, 6) is 0.327. The van der Waals surface area contributed by atoms with Crippen molar-refractivity contribution in [1.82, 2.24) is 15.4 Å². The summed E-state index contributed by atoms with van der Waals surface area (Å²) in [7, 11) is 0. The minimum atomic E-state index is 0.327. The average Bonchev–Trinajstić information content (AvgIpc) is 3.02. The van der Waals surface area contributed by atoms with Gasteiger partial charge >= 0.3 is 0 Å². The predicted octanol–water partition coefficient (Wildman–Crippen LogP) is 3.48. The van der Waals surface area contributed by atoms with Crippen LogP contribution in [0.2, 0.25) is 0 Å². The molecule has 1 aromatic carbocycles. The number of aromatic nitrogens is 3. The molecule has 0 fully saturated rings. The third-order valence-electron chi connectivity index (χ3n) is 4.98. The zero-order chi connectivity index (χ0) is 16.4. The minimum Gasteiger partial charge on any atom is -0.300 e. The van der Waals surface area contributed by atoms with E-state index in [0.717, 1.165) is 49.1 Å². The summed E-state index contributed by atoms with van der Waals surface area (Å²) in [6.07, 6.45) is 9.37. The van der Waals surface area contributed by atoms with E-state index in [1.165, 1.54) is 16.7 Å². The zero-order valence-electron chi connectivity index (χ0n) is 13.8. The molecule has 2 aliphatic carbocycles. The van der Waals surface area contributed by atoms with Gasteiger partial charge < -0.3 is 0 Å². The standard InChI is InChI=1S/C20H21N3O/c24-17-5-3-1-2-4-14-6-7-15-8-11-18(19(15)12-14)20-13-16(9-10-17)21-23-22-20/h6-7,11-13H,1-5,8-10H2. The van der Waals surface area contributed by atoms with Crippen LogP contribution in [-0.4, -0.2) is 21.2 Å². The monoisotopic (exact) mass is 319 g/mol. The minimum absolute atomic E-state index is 0.327. The number of benzene rings is 1.